The van der Waals surface area contributed by atoms with Gasteiger partial charge in [0.2, 0.25) is 23.7 Å². The molecule has 6 amide bonds. The van der Waals surface area contributed by atoms with E-state index in [1.54, 1.807) is 24.7 Å². The second-order valence-electron chi connectivity index (χ2n) is 17.2. The van der Waals surface area contributed by atoms with Crippen LogP contribution in [0.25, 0.3) is 11.3 Å². The highest BCUT2D eigenvalue weighted by atomic mass is 16.5. The SMILES string of the molecule is Cc1ccc(NC(=O)c2ccc(CN3CCN(CCCCCCOCCOCC(=O)Nc4cccc5c4C(=O)N(C4CCC(=O)NC4=O)C5=O)CC3)cc2)cc1Nc1nccc(-c2cccnc2)n1. The molecule has 2 fully saturated rings. The average Bonchev–Trinajstić information content (AvgIpc) is 3.61. The predicted molar refractivity (Wildman–Crippen MR) is 258 cm³/mol. The number of benzene rings is 3. The monoisotopic (exact) mass is 936 g/mol. The van der Waals surface area contributed by atoms with Crippen molar-refractivity contribution in [2.75, 3.05) is 75.1 Å². The van der Waals surface area contributed by atoms with Gasteiger partial charge in [0.1, 0.15) is 12.6 Å². The molecule has 2 saturated heterocycles. The van der Waals surface area contributed by atoms with Crippen molar-refractivity contribution in [1.29, 1.82) is 0 Å². The van der Waals surface area contributed by atoms with Gasteiger partial charge in [-0.1, -0.05) is 37.1 Å². The van der Waals surface area contributed by atoms with E-state index in [1.807, 2.05) is 67.6 Å². The molecule has 1 unspecified atom stereocenters. The second-order valence-corrected chi connectivity index (χ2v) is 17.2. The Hall–Kier alpha value is -7.25. The van der Waals surface area contributed by atoms with Gasteiger partial charge < -0.3 is 30.3 Å². The number of aryl methyl sites for hydroxylation is 1. The van der Waals surface area contributed by atoms with E-state index in [1.165, 1.54) is 17.7 Å². The van der Waals surface area contributed by atoms with E-state index >= 15 is 0 Å². The fourth-order valence-electron chi connectivity index (χ4n) is 8.53. The van der Waals surface area contributed by atoms with Crippen molar-refractivity contribution in [3.8, 4) is 11.3 Å². The van der Waals surface area contributed by atoms with Crippen LogP contribution < -0.4 is 21.3 Å². The Balaban J connectivity index is 0.656. The number of carbonyl (C=O) groups excluding carboxylic acids is 6. The molecule has 69 heavy (non-hydrogen) atoms. The van der Waals surface area contributed by atoms with Gasteiger partial charge in [0.05, 0.1) is 35.7 Å². The normalized spacial score (nSPS) is 16.3. The molecule has 2 aromatic heterocycles. The maximum absolute atomic E-state index is 13.3. The number of hydrogen-bond acceptors (Lipinski definition) is 14. The highest BCUT2D eigenvalue weighted by molar-refractivity contribution is 6.26. The minimum Gasteiger partial charge on any atom is -0.379 e. The number of unbranched alkanes of at least 4 members (excludes halogenated alkanes) is 3. The van der Waals surface area contributed by atoms with Gasteiger partial charge >= 0.3 is 0 Å². The predicted octanol–water partition coefficient (Wildman–Crippen LogP) is 5.59. The average molecular weight is 937 g/mol. The number of anilines is 4. The van der Waals surface area contributed by atoms with Crippen LogP contribution in [0.2, 0.25) is 0 Å². The van der Waals surface area contributed by atoms with Gasteiger partial charge in [0.25, 0.3) is 17.7 Å². The van der Waals surface area contributed by atoms with Gasteiger partial charge in [-0.15, -0.1) is 0 Å². The lowest BCUT2D eigenvalue weighted by Gasteiger charge is -2.34. The number of ether oxygens (including phenoxy) is 2. The summed E-state index contributed by atoms with van der Waals surface area (Å²) in [5.74, 6) is -2.74. The molecule has 0 saturated carbocycles. The first kappa shape index (κ1) is 48.2. The lowest BCUT2D eigenvalue weighted by atomic mass is 10.0. The standard InChI is InChI=1S/C51H56N10O8/c1-34-11-16-38(30-42(34)57-51-53-21-19-40(56-51)37-8-7-20-52-31-37)54-47(64)36-14-12-35(13-15-36)32-60-25-23-59(24-26-60)22-4-2-3-5-27-68-28-29-69-33-45(63)55-41-10-6-9-39-46(41)50(67)61(49(39)66)43-17-18-44(62)58-48(43)65/h6-16,19-21,30-31,43H,2-5,17-18,22-29,32-33H2,1H3,(H,54,64)(H,55,63)(H,53,56,57)(H,58,62,65). The van der Waals surface area contributed by atoms with Crippen LogP contribution in [0, 0.1) is 6.92 Å². The second kappa shape index (κ2) is 23.2. The third-order valence-electron chi connectivity index (χ3n) is 12.3. The van der Waals surface area contributed by atoms with Gasteiger partial charge in [0, 0.05) is 86.8 Å². The van der Waals surface area contributed by atoms with Crippen LogP contribution in [-0.2, 0) is 30.4 Å². The molecule has 5 aromatic rings. The summed E-state index contributed by atoms with van der Waals surface area (Å²) in [6, 6.07) is 22.6. The van der Waals surface area contributed by atoms with Crippen molar-refractivity contribution in [1.82, 2.24) is 35.0 Å². The fraction of sp³-hybridized carbons (Fsp3) is 0.353. The minimum atomic E-state index is -1.10. The maximum atomic E-state index is 13.3. The highest BCUT2D eigenvalue weighted by Crippen LogP contribution is 2.32. The Morgan fingerprint density at radius 2 is 1.58 bits per heavy atom. The first-order valence-electron chi connectivity index (χ1n) is 23.4. The van der Waals surface area contributed by atoms with Gasteiger partial charge in [-0.3, -0.25) is 48.9 Å². The first-order valence-corrected chi connectivity index (χ1v) is 23.4. The number of carbonyl (C=O) groups is 6. The Bertz CT molecular complexity index is 2660. The van der Waals surface area contributed by atoms with Crippen LogP contribution in [-0.4, -0.2) is 130 Å². The maximum Gasteiger partial charge on any atom is 0.264 e. The number of piperazine rings is 1. The number of nitrogens with one attached hydrogen (secondary N) is 4. The number of imide groups is 2. The Labute approximate surface area is 400 Å². The van der Waals surface area contributed by atoms with Crippen LogP contribution in [0.4, 0.5) is 23.0 Å². The van der Waals surface area contributed by atoms with Crippen LogP contribution in [0.3, 0.4) is 0 Å². The van der Waals surface area contributed by atoms with E-state index in [-0.39, 0.29) is 48.8 Å². The van der Waals surface area contributed by atoms with Crippen molar-refractivity contribution >= 4 is 58.5 Å². The van der Waals surface area contributed by atoms with Crippen LogP contribution in [0.1, 0.15) is 80.7 Å². The molecular weight excluding hydrogens is 881 g/mol. The largest absolute Gasteiger partial charge is 0.379 e. The Morgan fingerprint density at radius 1 is 0.783 bits per heavy atom. The number of piperidine rings is 1. The molecule has 3 aliphatic rings. The number of amides is 6. The van der Waals surface area contributed by atoms with E-state index < -0.39 is 35.6 Å². The van der Waals surface area contributed by atoms with Crippen LogP contribution in [0.5, 0.6) is 0 Å². The molecule has 1 atom stereocenters. The lowest BCUT2D eigenvalue weighted by Crippen LogP contribution is -2.54. The van der Waals surface area contributed by atoms with E-state index in [4.69, 9.17) is 9.47 Å². The minimum absolute atomic E-state index is 0.00708. The number of pyridine rings is 1. The summed E-state index contributed by atoms with van der Waals surface area (Å²) < 4.78 is 11.2. The summed E-state index contributed by atoms with van der Waals surface area (Å²) in [5, 5.41) is 11.1. The highest BCUT2D eigenvalue weighted by Gasteiger charge is 2.45. The number of rotatable bonds is 21. The molecule has 8 rings (SSSR count). The summed E-state index contributed by atoms with van der Waals surface area (Å²) in [7, 11) is 0. The topological polar surface area (TPSA) is 217 Å². The molecule has 3 aliphatic heterocycles. The quantitative estimate of drug-likeness (QED) is 0.0521. The molecule has 0 bridgehead atoms. The third kappa shape index (κ3) is 12.6. The Kier molecular flexibility index (Phi) is 16.2. The zero-order valence-corrected chi connectivity index (χ0v) is 38.6. The number of nitrogens with zero attached hydrogens (tertiary/aromatic N) is 6. The Morgan fingerprint density at radius 3 is 2.38 bits per heavy atom. The molecule has 0 aliphatic carbocycles. The van der Waals surface area contributed by atoms with Gasteiger partial charge in [-0.05, 0) is 98.5 Å². The summed E-state index contributed by atoms with van der Waals surface area (Å²) in [5.41, 5.74) is 6.08. The van der Waals surface area contributed by atoms with Crippen LogP contribution in [0.15, 0.2) is 97.5 Å². The van der Waals surface area contributed by atoms with Crippen molar-refractivity contribution in [2.45, 2.75) is 58.0 Å². The van der Waals surface area contributed by atoms with E-state index in [0.29, 0.717) is 30.4 Å². The van der Waals surface area contributed by atoms with Crippen molar-refractivity contribution in [2.24, 2.45) is 0 Å². The summed E-state index contributed by atoms with van der Waals surface area (Å²) in [6.07, 6.45) is 9.46. The molecule has 0 radical (unpaired) electrons. The summed E-state index contributed by atoms with van der Waals surface area (Å²) in [4.78, 5) is 95.2. The van der Waals surface area contributed by atoms with Crippen molar-refractivity contribution < 1.29 is 38.2 Å². The zero-order chi connectivity index (χ0) is 48.1. The molecule has 358 valence electrons. The zero-order valence-electron chi connectivity index (χ0n) is 38.6. The van der Waals surface area contributed by atoms with Crippen LogP contribution >= 0.6 is 0 Å². The van der Waals surface area contributed by atoms with Crippen molar-refractivity contribution in [3.63, 3.8) is 0 Å². The van der Waals surface area contributed by atoms with Gasteiger partial charge in [-0.25, -0.2) is 9.97 Å². The van der Waals surface area contributed by atoms with Crippen molar-refractivity contribution in [3.05, 3.63) is 125 Å². The number of fused-ring (bicyclic) bond motifs is 1. The summed E-state index contributed by atoms with van der Waals surface area (Å²) >= 11 is 0. The number of hydrogen-bond donors (Lipinski definition) is 4. The third-order valence-corrected chi connectivity index (χ3v) is 12.3. The summed E-state index contributed by atoms with van der Waals surface area (Å²) in [6.45, 7) is 8.78. The lowest BCUT2D eigenvalue weighted by molar-refractivity contribution is -0.136. The molecule has 0 spiro atoms. The molecule has 18 nitrogen and oxygen atoms in total. The van der Waals surface area contributed by atoms with E-state index in [2.05, 4.69) is 46.0 Å². The first-order chi connectivity index (χ1) is 33.6. The molecular formula is C51H56N10O8. The fourth-order valence-corrected chi connectivity index (χ4v) is 8.53. The van der Waals surface area contributed by atoms with E-state index in [9.17, 15) is 28.8 Å². The molecule has 4 N–H and O–H groups in total. The molecule has 3 aromatic carbocycles. The van der Waals surface area contributed by atoms with Gasteiger partial charge in [-0.2, -0.15) is 0 Å². The smallest absolute Gasteiger partial charge is 0.264 e. The van der Waals surface area contributed by atoms with Gasteiger partial charge in [0.15, 0.2) is 0 Å². The number of aromatic nitrogens is 3. The molecule has 5 heterocycles. The molecule has 18 heteroatoms. The van der Waals surface area contributed by atoms with E-state index in [0.717, 1.165) is 92.4 Å².